The molecule has 410 valence electrons. The zero-order valence-electron chi connectivity index (χ0n) is 47.8. The van der Waals surface area contributed by atoms with Crippen LogP contribution in [-0.2, 0) is 14.3 Å². The lowest BCUT2D eigenvalue weighted by Gasteiger charge is -2.29. The summed E-state index contributed by atoms with van der Waals surface area (Å²) in [5, 5.41) is 0. The summed E-state index contributed by atoms with van der Waals surface area (Å²) in [7, 11) is 0. The summed E-state index contributed by atoms with van der Waals surface area (Å²) < 4.78 is 5.43. The highest BCUT2D eigenvalue weighted by Gasteiger charge is 2.28. The Hall–Kier alpha value is -1.18. The Morgan fingerprint density at radius 1 is 0.391 bits per heavy atom. The fraction of sp³-hybridized carbons (Fsp3) is 0.968. The molecule has 1 saturated heterocycles. The first-order chi connectivity index (χ1) is 34.0. The van der Waals surface area contributed by atoms with Crippen molar-refractivity contribution in [2.24, 2.45) is 5.92 Å². The quantitative estimate of drug-likeness (QED) is 0.0447. The van der Waals surface area contributed by atoms with Crippen LogP contribution in [0, 0.1) is 5.92 Å². The van der Waals surface area contributed by atoms with Crippen LogP contribution in [0.5, 0.6) is 0 Å². The number of hydrogen-bond donors (Lipinski definition) is 0. The molecule has 1 aliphatic heterocycles. The fourth-order valence-electron chi connectivity index (χ4n) is 10.7. The van der Waals surface area contributed by atoms with Gasteiger partial charge in [-0.05, 0) is 90.0 Å². The van der Waals surface area contributed by atoms with E-state index in [1.807, 2.05) is 0 Å². The van der Waals surface area contributed by atoms with Gasteiger partial charge in [0.2, 0.25) is 5.91 Å². The van der Waals surface area contributed by atoms with Crippen molar-refractivity contribution in [3.63, 3.8) is 0 Å². The number of ether oxygens (including phenoxy) is 1. The molecule has 1 unspecified atom stereocenters. The average Bonchev–Trinajstić information content (AvgIpc) is 3.83. The molecule has 1 fully saturated rings. The molecular weight excluding hydrogens is 849 g/mol. The van der Waals surface area contributed by atoms with E-state index in [4.69, 9.17) is 4.74 Å². The van der Waals surface area contributed by atoms with Crippen LogP contribution in [0.3, 0.4) is 0 Å². The van der Waals surface area contributed by atoms with Gasteiger partial charge in [0.25, 0.3) is 0 Å². The maximum atomic E-state index is 14.2. The van der Waals surface area contributed by atoms with Gasteiger partial charge in [0, 0.05) is 39.1 Å². The Morgan fingerprint density at radius 2 is 0.725 bits per heavy atom. The fourth-order valence-corrected chi connectivity index (χ4v) is 10.7. The minimum Gasteiger partial charge on any atom is -0.466 e. The largest absolute Gasteiger partial charge is 0.466 e. The molecule has 1 heterocycles. The molecule has 0 N–H and O–H groups in total. The van der Waals surface area contributed by atoms with Crippen LogP contribution in [0.15, 0.2) is 0 Å². The minimum atomic E-state index is -0.0100. The SMILES string of the molecule is CCCCCCCCCCCCCCN(CCCCCCCC(=O)OCCCCC)CC1CCN(C(=O)CN(CCCCCCCCC)CCN(CCCCCCCC)CCCCCCCCC)C1. The van der Waals surface area contributed by atoms with Crippen LogP contribution in [0.1, 0.15) is 304 Å². The summed E-state index contributed by atoms with van der Waals surface area (Å²) in [4.78, 5) is 36.7. The van der Waals surface area contributed by atoms with Gasteiger partial charge in [0.15, 0.2) is 0 Å². The van der Waals surface area contributed by atoms with Crippen LogP contribution in [-0.4, -0.2) is 110 Å². The van der Waals surface area contributed by atoms with E-state index in [1.165, 1.54) is 251 Å². The van der Waals surface area contributed by atoms with Crippen molar-refractivity contribution in [1.82, 2.24) is 19.6 Å². The Morgan fingerprint density at radius 3 is 1.14 bits per heavy atom. The lowest BCUT2D eigenvalue weighted by atomic mass is 10.0. The van der Waals surface area contributed by atoms with Crippen LogP contribution in [0.2, 0.25) is 0 Å². The van der Waals surface area contributed by atoms with Crippen LogP contribution in [0.25, 0.3) is 0 Å². The van der Waals surface area contributed by atoms with Crippen molar-refractivity contribution in [2.75, 3.05) is 78.6 Å². The van der Waals surface area contributed by atoms with E-state index in [0.717, 1.165) is 77.8 Å². The lowest BCUT2D eigenvalue weighted by molar-refractivity contribution is -0.144. The zero-order valence-corrected chi connectivity index (χ0v) is 47.8. The molecule has 0 radical (unpaired) electrons. The van der Waals surface area contributed by atoms with Crippen LogP contribution >= 0.6 is 0 Å². The highest BCUT2D eigenvalue weighted by molar-refractivity contribution is 5.78. The molecular formula is C62H124N4O3. The molecule has 7 heteroatoms. The lowest BCUT2D eigenvalue weighted by Crippen LogP contribution is -2.43. The molecule has 1 amide bonds. The molecule has 1 rings (SSSR count). The molecule has 0 aromatic rings. The Kier molecular flexibility index (Phi) is 49.3. The summed E-state index contributed by atoms with van der Waals surface area (Å²) in [6.07, 6.45) is 54.4. The molecule has 7 nitrogen and oxygen atoms in total. The van der Waals surface area contributed by atoms with E-state index < -0.39 is 0 Å². The van der Waals surface area contributed by atoms with Gasteiger partial charge in [-0.3, -0.25) is 14.5 Å². The molecule has 0 aliphatic carbocycles. The summed E-state index contributed by atoms with van der Waals surface area (Å²) >= 11 is 0. The molecule has 0 bridgehead atoms. The first-order valence-electron chi connectivity index (χ1n) is 31.6. The number of likely N-dealkylation sites (tertiary alicyclic amines) is 1. The number of esters is 1. The van der Waals surface area contributed by atoms with Gasteiger partial charge >= 0.3 is 5.97 Å². The Labute approximate surface area is 432 Å². The molecule has 0 spiro atoms. The van der Waals surface area contributed by atoms with E-state index >= 15 is 0 Å². The second-order valence-corrected chi connectivity index (χ2v) is 22.3. The van der Waals surface area contributed by atoms with E-state index in [9.17, 15) is 9.59 Å². The third-order valence-corrected chi connectivity index (χ3v) is 15.4. The van der Waals surface area contributed by atoms with Crippen molar-refractivity contribution >= 4 is 11.9 Å². The van der Waals surface area contributed by atoms with Crippen molar-refractivity contribution in [3.8, 4) is 0 Å². The van der Waals surface area contributed by atoms with Gasteiger partial charge in [-0.1, -0.05) is 247 Å². The minimum absolute atomic E-state index is 0.0100. The summed E-state index contributed by atoms with van der Waals surface area (Å²) in [6.45, 7) is 23.6. The van der Waals surface area contributed by atoms with E-state index in [0.29, 0.717) is 31.4 Å². The maximum absolute atomic E-state index is 14.2. The van der Waals surface area contributed by atoms with Crippen LogP contribution in [0.4, 0.5) is 0 Å². The number of amides is 1. The molecule has 0 aromatic heterocycles. The zero-order chi connectivity index (χ0) is 49.9. The topological polar surface area (TPSA) is 56.3 Å². The number of unbranched alkanes of at least 4 members (excludes halogenated alkanes) is 34. The normalized spacial score (nSPS) is 14.1. The summed E-state index contributed by atoms with van der Waals surface area (Å²) in [5.41, 5.74) is 0. The first kappa shape index (κ1) is 65.8. The highest BCUT2D eigenvalue weighted by Crippen LogP contribution is 2.21. The van der Waals surface area contributed by atoms with Crippen LogP contribution < -0.4 is 0 Å². The number of hydrogen-bond acceptors (Lipinski definition) is 6. The molecule has 1 atom stereocenters. The number of rotatable bonds is 55. The third kappa shape index (κ3) is 43.0. The average molecular weight is 974 g/mol. The summed E-state index contributed by atoms with van der Waals surface area (Å²) in [6, 6.07) is 0. The van der Waals surface area contributed by atoms with Crippen molar-refractivity contribution in [3.05, 3.63) is 0 Å². The van der Waals surface area contributed by atoms with Gasteiger partial charge in [0.1, 0.15) is 0 Å². The molecule has 69 heavy (non-hydrogen) atoms. The second kappa shape index (κ2) is 51.7. The Balaban J connectivity index is 2.78. The standard InChI is InChI=1S/C62H124N4O3/c1-6-11-16-20-24-25-26-27-28-31-37-42-50-64(51-43-38-32-33-39-46-62(68)69-56-45-15-10-5)57-60-47-53-66(58-60)61(67)59-65(52-44-36-30-22-18-13-8-3)55-54-63(48-40-34-23-19-14-9-4)49-41-35-29-21-17-12-7-2/h60H,6-59H2,1-5H3. The second-order valence-electron chi connectivity index (χ2n) is 22.3. The number of carbonyl (C=O) groups excluding carboxylic acids is 2. The third-order valence-electron chi connectivity index (χ3n) is 15.4. The smallest absolute Gasteiger partial charge is 0.305 e. The van der Waals surface area contributed by atoms with Crippen molar-refractivity contribution in [1.29, 1.82) is 0 Å². The predicted octanol–water partition coefficient (Wildman–Crippen LogP) is 17.4. The van der Waals surface area contributed by atoms with Gasteiger partial charge < -0.3 is 19.4 Å². The van der Waals surface area contributed by atoms with Crippen molar-refractivity contribution < 1.29 is 14.3 Å². The maximum Gasteiger partial charge on any atom is 0.305 e. The molecule has 0 saturated carbocycles. The number of carbonyl (C=O) groups is 2. The molecule has 0 aromatic carbocycles. The van der Waals surface area contributed by atoms with Crippen molar-refractivity contribution in [2.45, 2.75) is 304 Å². The van der Waals surface area contributed by atoms with E-state index in [1.54, 1.807) is 0 Å². The Bertz CT molecular complexity index is 1070. The summed E-state index contributed by atoms with van der Waals surface area (Å²) in [5.74, 6) is 0.956. The van der Waals surface area contributed by atoms with Gasteiger partial charge in [-0.2, -0.15) is 0 Å². The van der Waals surface area contributed by atoms with E-state index in [-0.39, 0.29) is 5.97 Å². The van der Waals surface area contributed by atoms with Gasteiger partial charge in [-0.15, -0.1) is 0 Å². The molecule has 1 aliphatic rings. The predicted molar refractivity (Wildman–Crippen MR) is 303 cm³/mol. The highest BCUT2D eigenvalue weighted by atomic mass is 16.5. The van der Waals surface area contributed by atoms with Gasteiger partial charge in [-0.25, -0.2) is 0 Å². The van der Waals surface area contributed by atoms with E-state index in [2.05, 4.69) is 54.2 Å². The number of nitrogens with zero attached hydrogens (tertiary/aromatic N) is 4. The first-order valence-corrected chi connectivity index (χ1v) is 31.6. The van der Waals surface area contributed by atoms with Gasteiger partial charge in [0.05, 0.1) is 13.2 Å². The monoisotopic (exact) mass is 973 g/mol.